The van der Waals surface area contributed by atoms with Crippen LogP contribution in [0.15, 0.2) is 59.8 Å². The van der Waals surface area contributed by atoms with Crippen LogP contribution in [0.4, 0.5) is 0 Å². The molecule has 1 aromatic heterocycles. The zero-order chi connectivity index (χ0) is 9.80. The second-order valence-electron chi connectivity index (χ2n) is 3.18. The fraction of sp³-hybridized carbons (Fsp3) is 0.0769. The highest BCUT2D eigenvalue weighted by Gasteiger charge is 2.09. The van der Waals surface area contributed by atoms with Gasteiger partial charge in [-0.05, 0) is 28.0 Å². The average Bonchev–Trinajstić information content (AvgIpc) is 2.74. The lowest BCUT2D eigenvalue weighted by molar-refractivity contribution is 1.04. The van der Waals surface area contributed by atoms with Crippen molar-refractivity contribution in [1.29, 1.82) is 0 Å². The SMILES string of the molecule is C=C[C@H](c1ccccc1)c1ccsc1. The molecule has 1 heterocycles. The van der Waals surface area contributed by atoms with Gasteiger partial charge in [-0.1, -0.05) is 36.4 Å². The number of allylic oxidation sites excluding steroid dienone is 1. The Kier molecular flexibility index (Phi) is 2.80. The molecule has 0 aliphatic heterocycles. The quantitative estimate of drug-likeness (QED) is 0.655. The molecule has 0 bridgehead atoms. The summed E-state index contributed by atoms with van der Waals surface area (Å²) in [6, 6.07) is 12.6. The third kappa shape index (κ3) is 1.78. The van der Waals surface area contributed by atoms with Crippen LogP contribution >= 0.6 is 11.3 Å². The van der Waals surface area contributed by atoms with Gasteiger partial charge >= 0.3 is 0 Å². The summed E-state index contributed by atoms with van der Waals surface area (Å²) >= 11 is 1.73. The fourth-order valence-corrected chi connectivity index (χ4v) is 2.27. The van der Waals surface area contributed by atoms with Gasteiger partial charge in [0.2, 0.25) is 0 Å². The molecule has 1 heteroatoms. The minimum absolute atomic E-state index is 0.336. The van der Waals surface area contributed by atoms with Crippen molar-refractivity contribution >= 4 is 11.3 Å². The Labute approximate surface area is 88.5 Å². The molecular weight excluding hydrogens is 188 g/mol. The van der Waals surface area contributed by atoms with E-state index in [2.05, 4.69) is 47.7 Å². The molecule has 0 radical (unpaired) electrons. The molecule has 70 valence electrons. The highest BCUT2D eigenvalue weighted by molar-refractivity contribution is 7.08. The average molecular weight is 200 g/mol. The first kappa shape index (κ1) is 9.22. The normalized spacial score (nSPS) is 12.3. The van der Waals surface area contributed by atoms with E-state index in [1.165, 1.54) is 11.1 Å². The summed E-state index contributed by atoms with van der Waals surface area (Å²) in [4.78, 5) is 0. The Balaban J connectivity index is 2.36. The second kappa shape index (κ2) is 4.25. The lowest BCUT2D eigenvalue weighted by atomic mass is 9.94. The molecule has 2 aromatic rings. The molecule has 0 aliphatic carbocycles. The molecule has 1 atom stereocenters. The van der Waals surface area contributed by atoms with Crippen molar-refractivity contribution in [3.05, 3.63) is 70.9 Å². The summed E-state index contributed by atoms with van der Waals surface area (Å²) in [6.07, 6.45) is 2.00. The number of benzene rings is 1. The molecule has 1 aromatic carbocycles. The van der Waals surface area contributed by atoms with Crippen LogP contribution in [0, 0.1) is 0 Å². The van der Waals surface area contributed by atoms with Gasteiger partial charge in [0.15, 0.2) is 0 Å². The van der Waals surface area contributed by atoms with Crippen molar-refractivity contribution in [2.45, 2.75) is 5.92 Å². The van der Waals surface area contributed by atoms with E-state index in [4.69, 9.17) is 0 Å². The van der Waals surface area contributed by atoms with Crippen LogP contribution in [0.1, 0.15) is 17.0 Å². The van der Waals surface area contributed by atoms with Crippen LogP contribution in [-0.2, 0) is 0 Å². The molecule has 2 rings (SSSR count). The molecule has 0 unspecified atom stereocenters. The maximum atomic E-state index is 3.90. The van der Waals surface area contributed by atoms with Gasteiger partial charge < -0.3 is 0 Å². The third-order valence-corrected chi connectivity index (χ3v) is 3.00. The molecule has 0 spiro atoms. The summed E-state index contributed by atoms with van der Waals surface area (Å²) in [5, 5.41) is 4.29. The minimum Gasteiger partial charge on any atom is -0.152 e. The molecule has 0 amide bonds. The van der Waals surface area contributed by atoms with Crippen molar-refractivity contribution in [2.24, 2.45) is 0 Å². The monoisotopic (exact) mass is 200 g/mol. The van der Waals surface area contributed by atoms with E-state index in [9.17, 15) is 0 Å². The van der Waals surface area contributed by atoms with Crippen LogP contribution in [0.5, 0.6) is 0 Å². The highest BCUT2D eigenvalue weighted by atomic mass is 32.1. The van der Waals surface area contributed by atoms with Gasteiger partial charge in [0.25, 0.3) is 0 Å². The van der Waals surface area contributed by atoms with E-state index in [1.54, 1.807) is 11.3 Å². The molecule has 0 aliphatic rings. The van der Waals surface area contributed by atoms with Crippen molar-refractivity contribution in [3.63, 3.8) is 0 Å². The number of hydrogen-bond donors (Lipinski definition) is 0. The third-order valence-electron chi connectivity index (χ3n) is 2.30. The summed E-state index contributed by atoms with van der Waals surface area (Å²) in [6.45, 7) is 3.90. The van der Waals surface area contributed by atoms with Gasteiger partial charge in [-0.15, -0.1) is 6.58 Å². The number of hydrogen-bond acceptors (Lipinski definition) is 1. The highest BCUT2D eigenvalue weighted by Crippen LogP contribution is 2.26. The predicted octanol–water partition coefficient (Wildman–Crippen LogP) is 4.07. The summed E-state index contributed by atoms with van der Waals surface area (Å²) in [5.41, 5.74) is 2.64. The van der Waals surface area contributed by atoms with Gasteiger partial charge in [0, 0.05) is 5.92 Å². The van der Waals surface area contributed by atoms with E-state index in [1.807, 2.05) is 12.1 Å². The van der Waals surface area contributed by atoms with Crippen LogP contribution in [-0.4, -0.2) is 0 Å². The number of rotatable bonds is 3. The Morgan fingerprint density at radius 3 is 2.43 bits per heavy atom. The van der Waals surface area contributed by atoms with Gasteiger partial charge in [0.05, 0.1) is 0 Å². The minimum atomic E-state index is 0.336. The molecule has 0 nitrogen and oxygen atoms in total. The molecule has 0 fully saturated rings. The zero-order valence-corrected chi connectivity index (χ0v) is 8.71. The molecule has 0 N–H and O–H groups in total. The maximum Gasteiger partial charge on any atom is 0.0275 e. The van der Waals surface area contributed by atoms with Gasteiger partial charge in [0.1, 0.15) is 0 Å². The van der Waals surface area contributed by atoms with Gasteiger partial charge in [-0.3, -0.25) is 0 Å². The van der Waals surface area contributed by atoms with E-state index in [0.717, 1.165) is 0 Å². The largest absolute Gasteiger partial charge is 0.152 e. The Morgan fingerprint density at radius 2 is 1.86 bits per heavy atom. The summed E-state index contributed by atoms with van der Waals surface area (Å²) < 4.78 is 0. The first-order chi connectivity index (χ1) is 6.92. The van der Waals surface area contributed by atoms with E-state index >= 15 is 0 Å². The Hall–Kier alpha value is -1.34. The fourth-order valence-electron chi connectivity index (χ4n) is 1.58. The molecule has 14 heavy (non-hydrogen) atoms. The lowest BCUT2D eigenvalue weighted by Crippen LogP contribution is -1.94. The Bertz CT molecular complexity index is 386. The van der Waals surface area contributed by atoms with Crippen molar-refractivity contribution in [1.82, 2.24) is 0 Å². The first-order valence-electron chi connectivity index (χ1n) is 4.61. The maximum absolute atomic E-state index is 3.90. The molecule has 0 saturated heterocycles. The van der Waals surface area contributed by atoms with Crippen molar-refractivity contribution in [2.75, 3.05) is 0 Å². The zero-order valence-electron chi connectivity index (χ0n) is 7.89. The smallest absolute Gasteiger partial charge is 0.0275 e. The molecular formula is C13H12S. The first-order valence-corrected chi connectivity index (χ1v) is 5.55. The van der Waals surface area contributed by atoms with Gasteiger partial charge in [-0.25, -0.2) is 0 Å². The van der Waals surface area contributed by atoms with E-state index in [0.29, 0.717) is 5.92 Å². The lowest BCUT2D eigenvalue weighted by Gasteiger charge is -2.10. The van der Waals surface area contributed by atoms with Crippen LogP contribution in [0.25, 0.3) is 0 Å². The Morgan fingerprint density at radius 1 is 1.07 bits per heavy atom. The van der Waals surface area contributed by atoms with Crippen LogP contribution in [0.3, 0.4) is 0 Å². The van der Waals surface area contributed by atoms with Crippen LogP contribution in [0.2, 0.25) is 0 Å². The van der Waals surface area contributed by atoms with Crippen molar-refractivity contribution < 1.29 is 0 Å². The topological polar surface area (TPSA) is 0 Å². The van der Waals surface area contributed by atoms with Crippen molar-refractivity contribution in [3.8, 4) is 0 Å². The van der Waals surface area contributed by atoms with Crippen LogP contribution < -0.4 is 0 Å². The van der Waals surface area contributed by atoms with Gasteiger partial charge in [-0.2, -0.15) is 11.3 Å². The molecule has 0 saturated carbocycles. The van der Waals surface area contributed by atoms with E-state index < -0.39 is 0 Å². The summed E-state index contributed by atoms with van der Waals surface area (Å²) in [5.74, 6) is 0.336. The second-order valence-corrected chi connectivity index (χ2v) is 3.96. The van der Waals surface area contributed by atoms with E-state index in [-0.39, 0.29) is 0 Å². The summed E-state index contributed by atoms with van der Waals surface area (Å²) in [7, 11) is 0. The predicted molar refractivity (Wildman–Crippen MR) is 62.8 cm³/mol. The standard InChI is InChI=1S/C13H12S/c1-2-13(12-8-9-14-10-12)11-6-4-3-5-7-11/h2-10,13H,1H2/t13-/m1/s1. The number of thiophene rings is 1.